The fourth-order valence-corrected chi connectivity index (χ4v) is 7.45. The van der Waals surface area contributed by atoms with Gasteiger partial charge in [-0.15, -0.1) is 11.3 Å². The summed E-state index contributed by atoms with van der Waals surface area (Å²) in [5.41, 5.74) is 1.93. The van der Waals surface area contributed by atoms with Crippen LogP contribution in [0.2, 0.25) is 0 Å². The Morgan fingerprint density at radius 2 is 1.56 bits per heavy atom. The van der Waals surface area contributed by atoms with Crippen molar-refractivity contribution in [3.8, 4) is 0 Å². The average molecular weight is 760 g/mol. The molecule has 0 spiro atoms. The Morgan fingerprint density at radius 3 is 2.24 bits per heavy atom. The summed E-state index contributed by atoms with van der Waals surface area (Å²) >= 11 is 1.33. The standard InChI is InChI=1S/C39H49N7O7S/c1-23(2)17-29-35(49)41-24(3)39(53)46-21-27(47)20-32(46)38(52)40-16-10-15-28(34(48)45-30(36(50)44-29)18-25-11-6-4-7-12-25)43-37(51)31-22-54-33(42-31)19-26-13-8-5-9-14-26/h4-9,11-14,22-24,27-30,32,47H,10,15-21H2,1-3H3,(H,40,52)(H,41,49)(H,43,51)(H,44,50)(H,45,48)/t24-,27+,28-,29-,30+,32-/m0/s1. The van der Waals surface area contributed by atoms with Crippen molar-refractivity contribution in [2.45, 2.75) is 95.6 Å². The van der Waals surface area contributed by atoms with Crippen LogP contribution in [0.4, 0.5) is 0 Å². The Kier molecular flexibility index (Phi) is 13.9. The summed E-state index contributed by atoms with van der Waals surface area (Å²) in [6.45, 7) is 5.29. The quantitative estimate of drug-likeness (QED) is 0.198. The van der Waals surface area contributed by atoms with Gasteiger partial charge in [-0.2, -0.15) is 0 Å². The number of benzene rings is 2. The minimum Gasteiger partial charge on any atom is -0.391 e. The topological polar surface area (TPSA) is 199 Å². The number of hydrogen-bond acceptors (Lipinski definition) is 9. The molecule has 0 bridgehead atoms. The van der Waals surface area contributed by atoms with Crippen LogP contribution in [0.3, 0.4) is 0 Å². The van der Waals surface area contributed by atoms with Crippen molar-refractivity contribution in [1.29, 1.82) is 0 Å². The third kappa shape index (κ3) is 10.9. The summed E-state index contributed by atoms with van der Waals surface area (Å²) in [4.78, 5) is 87.9. The zero-order valence-electron chi connectivity index (χ0n) is 30.7. The highest BCUT2D eigenvalue weighted by Gasteiger charge is 2.41. The first kappa shape index (κ1) is 40.0. The first-order valence-electron chi connectivity index (χ1n) is 18.4. The van der Waals surface area contributed by atoms with Gasteiger partial charge in [-0.1, -0.05) is 74.5 Å². The van der Waals surface area contributed by atoms with E-state index in [0.717, 1.165) is 16.1 Å². The molecule has 0 unspecified atom stereocenters. The number of thiazole rings is 1. The summed E-state index contributed by atoms with van der Waals surface area (Å²) in [5, 5.41) is 26.7. The fraction of sp³-hybridized carbons (Fsp3) is 0.462. The smallest absolute Gasteiger partial charge is 0.271 e. The van der Waals surface area contributed by atoms with Gasteiger partial charge < -0.3 is 36.6 Å². The largest absolute Gasteiger partial charge is 0.391 e. The lowest BCUT2D eigenvalue weighted by molar-refractivity contribution is -0.141. The van der Waals surface area contributed by atoms with E-state index >= 15 is 0 Å². The molecule has 6 atom stereocenters. The number of aromatic nitrogens is 1. The molecular formula is C39H49N7O7S. The van der Waals surface area contributed by atoms with Crippen LogP contribution in [0.1, 0.15) is 73.1 Å². The molecule has 2 aliphatic heterocycles. The lowest BCUT2D eigenvalue weighted by atomic mass is 10.00. The normalized spacial score (nSPS) is 24.8. The summed E-state index contributed by atoms with van der Waals surface area (Å²) in [6, 6.07) is 13.4. The molecule has 5 rings (SSSR count). The highest BCUT2D eigenvalue weighted by atomic mass is 32.1. The highest BCUT2D eigenvalue weighted by molar-refractivity contribution is 7.09. The van der Waals surface area contributed by atoms with Gasteiger partial charge in [-0.05, 0) is 43.2 Å². The number of carbonyl (C=O) groups is 6. The van der Waals surface area contributed by atoms with Gasteiger partial charge in [0.1, 0.15) is 35.9 Å². The number of carbonyl (C=O) groups excluding carboxylic acids is 6. The maximum Gasteiger partial charge on any atom is 0.271 e. The molecule has 14 nitrogen and oxygen atoms in total. The van der Waals surface area contributed by atoms with Crippen molar-refractivity contribution in [1.82, 2.24) is 36.5 Å². The monoisotopic (exact) mass is 759 g/mol. The lowest BCUT2D eigenvalue weighted by Crippen LogP contribution is -2.59. The van der Waals surface area contributed by atoms with E-state index in [1.807, 2.05) is 74.5 Å². The van der Waals surface area contributed by atoms with Crippen LogP contribution in [-0.2, 0) is 36.8 Å². The van der Waals surface area contributed by atoms with Crippen molar-refractivity contribution < 1.29 is 33.9 Å². The first-order valence-corrected chi connectivity index (χ1v) is 19.3. The van der Waals surface area contributed by atoms with Gasteiger partial charge >= 0.3 is 0 Å². The zero-order chi connectivity index (χ0) is 38.8. The molecule has 0 aliphatic carbocycles. The van der Waals surface area contributed by atoms with Gasteiger partial charge in [0.05, 0.1) is 11.1 Å². The van der Waals surface area contributed by atoms with Crippen molar-refractivity contribution in [3.63, 3.8) is 0 Å². The third-order valence-corrected chi connectivity index (χ3v) is 10.3. The number of nitrogens with zero attached hydrogens (tertiary/aromatic N) is 2. The fourth-order valence-electron chi connectivity index (χ4n) is 6.64. The molecule has 54 heavy (non-hydrogen) atoms. The summed E-state index contributed by atoms with van der Waals surface area (Å²) in [5.74, 6) is -3.47. The first-order chi connectivity index (χ1) is 25.9. The van der Waals surface area contributed by atoms with Gasteiger partial charge in [0.2, 0.25) is 29.5 Å². The van der Waals surface area contributed by atoms with Gasteiger partial charge in [0.15, 0.2) is 0 Å². The van der Waals surface area contributed by atoms with E-state index in [4.69, 9.17) is 0 Å². The van der Waals surface area contributed by atoms with Crippen molar-refractivity contribution >= 4 is 46.8 Å². The molecule has 0 radical (unpaired) electrons. The van der Waals surface area contributed by atoms with Crippen LogP contribution in [-0.4, -0.2) is 99.8 Å². The molecule has 2 fully saturated rings. The number of amides is 6. The number of nitrogens with one attached hydrogen (secondary N) is 5. The van der Waals surface area contributed by atoms with Crippen LogP contribution in [0.15, 0.2) is 66.0 Å². The minimum atomic E-state index is -1.14. The van der Waals surface area contributed by atoms with Gasteiger partial charge in [-0.3, -0.25) is 28.8 Å². The second-order valence-electron chi connectivity index (χ2n) is 14.3. The van der Waals surface area contributed by atoms with Gasteiger partial charge in [0, 0.05) is 37.7 Å². The van der Waals surface area contributed by atoms with E-state index in [2.05, 4.69) is 31.6 Å². The van der Waals surface area contributed by atoms with Crippen LogP contribution < -0.4 is 26.6 Å². The maximum atomic E-state index is 14.1. The maximum absolute atomic E-state index is 14.1. The summed E-state index contributed by atoms with van der Waals surface area (Å²) in [6.07, 6.45) is 0.289. The van der Waals surface area contributed by atoms with E-state index in [-0.39, 0.29) is 56.8 Å². The number of aliphatic hydroxyl groups excluding tert-OH is 1. The Balaban J connectivity index is 1.42. The Morgan fingerprint density at radius 1 is 0.907 bits per heavy atom. The molecule has 288 valence electrons. The van der Waals surface area contributed by atoms with Crippen LogP contribution in [0.5, 0.6) is 0 Å². The van der Waals surface area contributed by atoms with Crippen molar-refractivity contribution in [2.75, 3.05) is 13.1 Å². The lowest BCUT2D eigenvalue weighted by Gasteiger charge is -2.29. The SMILES string of the molecule is CC(C)C[C@@H]1NC(=O)[C@@H](Cc2ccccc2)NC(=O)[C@@H](NC(=O)c2csc(Cc3ccccc3)n2)CCCNC(=O)[C@@H]2C[C@@H](O)CN2C(=O)[C@H](C)NC1=O. The Labute approximate surface area is 318 Å². The van der Waals surface area contributed by atoms with E-state index in [1.54, 1.807) is 5.38 Å². The van der Waals surface area contributed by atoms with Crippen LogP contribution in [0.25, 0.3) is 0 Å². The molecule has 3 heterocycles. The van der Waals surface area contributed by atoms with Gasteiger partial charge in [-0.25, -0.2) is 4.98 Å². The second kappa shape index (κ2) is 18.7. The molecule has 2 aromatic carbocycles. The molecule has 6 N–H and O–H groups in total. The molecule has 3 aromatic rings. The van der Waals surface area contributed by atoms with Crippen molar-refractivity contribution in [3.05, 3.63) is 87.9 Å². The number of rotatable bonds is 8. The van der Waals surface area contributed by atoms with Crippen molar-refractivity contribution in [2.24, 2.45) is 5.92 Å². The van der Waals surface area contributed by atoms with E-state index in [9.17, 15) is 33.9 Å². The minimum absolute atomic E-state index is 0.0219. The highest BCUT2D eigenvalue weighted by Crippen LogP contribution is 2.20. The predicted octanol–water partition coefficient (Wildman–Crippen LogP) is 1.47. The average Bonchev–Trinajstić information content (AvgIpc) is 3.78. The second-order valence-corrected chi connectivity index (χ2v) is 15.3. The molecule has 2 aliphatic rings. The Hall–Kier alpha value is -5.15. The molecule has 2 saturated heterocycles. The third-order valence-electron chi connectivity index (χ3n) is 9.42. The predicted molar refractivity (Wildman–Crippen MR) is 202 cm³/mol. The van der Waals surface area contributed by atoms with E-state index < -0.39 is 71.8 Å². The zero-order valence-corrected chi connectivity index (χ0v) is 31.6. The molecule has 6 amide bonds. The molecule has 15 heteroatoms. The van der Waals surface area contributed by atoms with Crippen LogP contribution in [0, 0.1) is 5.92 Å². The summed E-state index contributed by atoms with van der Waals surface area (Å²) < 4.78 is 0. The van der Waals surface area contributed by atoms with Gasteiger partial charge in [0.25, 0.3) is 5.91 Å². The Bertz CT molecular complexity index is 1790. The molecule has 0 saturated carbocycles. The molecular weight excluding hydrogens is 711 g/mol. The summed E-state index contributed by atoms with van der Waals surface area (Å²) in [7, 11) is 0. The van der Waals surface area contributed by atoms with Crippen LogP contribution >= 0.6 is 11.3 Å². The van der Waals surface area contributed by atoms with E-state index in [0.29, 0.717) is 6.42 Å². The number of fused-ring (bicyclic) bond motifs is 1. The molecule has 1 aromatic heterocycles. The van der Waals surface area contributed by atoms with E-state index in [1.165, 1.54) is 23.2 Å². The number of aliphatic hydroxyl groups is 1. The number of hydrogen-bond donors (Lipinski definition) is 6.